The first-order valence-electron chi connectivity index (χ1n) is 6.09. The molecule has 21 heavy (non-hydrogen) atoms. The van der Waals surface area contributed by atoms with Crippen molar-refractivity contribution in [2.75, 3.05) is 6.61 Å². The van der Waals surface area contributed by atoms with E-state index in [0.29, 0.717) is 17.9 Å². The molecule has 0 saturated carbocycles. The number of hydrogen-bond donors (Lipinski definition) is 1. The molecule has 0 fully saturated rings. The number of hydrogen-bond acceptors (Lipinski definition) is 3. The largest absolute Gasteiger partial charge is 0.493 e. The molecule has 3 rings (SSSR count). The number of rotatable bonds is 2. The average Bonchev–Trinajstić information content (AvgIpc) is 2.89. The standard InChI is InChI=1S/C13H9BrClFN2O3/c14-8-3-6-1-2-21-10(6)7(4-8)5-18-12(19)9(16)11(15)17-13(18)20/h3-4H,1-2,5H2,(H,17,20). The van der Waals surface area contributed by atoms with E-state index in [4.69, 9.17) is 16.3 Å². The van der Waals surface area contributed by atoms with Crippen molar-refractivity contribution in [1.82, 2.24) is 9.55 Å². The highest BCUT2D eigenvalue weighted by Crippen LogP contribution is 2.33. The molecular weight excluding hydrogens is 367 g/mol. The van der Waals surface area contributed by atoms with Crippen LogP contribution in [0.5, 0.6) is 5.75 Å². The number of nitrogens with one attached hydrogen (secondary N) is 1. The first-order valence-corrected chi connectivity index (χ1v) is 7.26. The van der Waals surface area contributed by atoms with Gasteiger partial charge in [-0.1, -0.05) is 27.5 Å². The highest BCUT2D eigenvalue weighted by molar-refractivity contribution is 9.10. The number of fused-ring (bicyclic) bond motifs is 1. The Morgan fingerprint density at radius 3 is 2.95 bits per heavy atom. The van der Waals surface area contributed by atoms with E-state index in [0.717, 1.165) is 21.0 Å². The SMILES string of the molecule is O=c1[nH]c(Cl)c(F)c(=O)n1Cc1cc(Br)cc2c1OCC2. The van der Waals surface area contributed by atoms with Gasteiger partial charge in [0.25, 0.3) is 5.56 Å². The summed E-state index contributed by atoms with van der Waals surface area (Å²) in [6, 6.07) is 3.66. The van der Waals surface area contributed by atoms with Crippen molar-refractivity contribution in [2.24, 2.45) is 0 Å². The maximum atomic E-state index is 13.6. The highest BCUT2D eigenvalue weighted by atomic mass is 79.9. The van der Waals surface area contributed by atoms with Crippen LogP contribution in [-0.4, -0.2) is 16.2 Å². The van der Waals surface area contributed by atoms with Gasteiger partial charge in [0.15, 0.2) is 5.15 Å². The predicted molar refractivity (Wildman–Crippen MR) is 78.7 cm³/mol. The van der Waals surface area contributed by atoms with Gasteiger partial charge in [0.1, 0.15) is 5.75 Å². The van der Waals surface area contributed by atoms with Crippen LogP contribution in [0.1, 0.15) is 11.1 Å². The highest BCUT2D eigenvalue weighted by Gasteiger charge is 2.20. The van der Waals surface area contributed by atoms with Crippen molar-refractivity contribution < 1.29 is 9.13 Å². The lowest BCUT2D eigenvalue weighted by Gasteiger charge is -2.10. The van der Waals surface area contributed by atoms with Gasteiger partial charge >= 0.3 is 5.69 Å². The van der Waals surface area contributed by atoms with Crippen molar-refractivity contribution in [3.8, 4) is 5.75 Å². The van der Waals surface area contributed by atoms with Gasteiger partial charge in [-0.2, -0.15) is 4.39 Å². The molecule has 0 atom stereocenters. The number of ether oxygens (including phenoxy) is 1. The van der Waals surface area contributed by atoms with Crippen molar-refractivity contribution in [3.05, 3.63) is 59.5 Å². The monoisotopic (exact) mass is 374 g/mol. The number of nitrogens with zero attached hydrogens (tertiary/aromatic N) is 1. The Morgan fingerprint density at radius 2 is 2.19 bits per heavy atom. The fourth-order valence-corrected chi connectivity index (χ4v) is 3.01. The van der Waals surface area contributed by atoms with E-state index in [1.807, 2.05) is 6.07 Å². The minimum Gasteiger partial charge on any atom is -0.493 e. The minimum absolute atomic E-state index is 0.0932. The summed E-state index contributed by atoms with van der Waals surface area (Å²) in [5.74, 6) is -0.538. The minimum atomic E-state index is -1.18. The average molecular weight is 376 g/mol. The van der Waals surface area contributed by atoms with E-state index in [1.165, 1.54) is 0 Å². The molecule has 1 aromatic heterocycles. The lowest BCUT2D eigenvalue weighted by Crippen LogP contribution is -2.37. The topological polar surface area (TPSA) is 64.1 Å². The molecule has 0 unspecified atom stereocenters. The second-order valence-corrected chi connectivity index (χ2v) is 5.89. The summed E-state index contributed by atoms with van der Waals surface area (Å²) >= 11 is 8.81. The summed E-state index contributed by atoms with van der Waals surface area (Å²) < 4.78 is 20.6. The summed E-state index contributed by atoms with van der Waals surface area (Å²) in [6.07, 6.45) is 0.752. The van der Waals surface area contributed by atoms with Crippen LogP contribution in [0.25, 0.3) is 0 Å². The summed E-state index contributed by atoms with van der Waals surface area (Å²) in [5, 5.41) is -0.586. The third-order valence-corrected chi connectivity index (χ3v) is 3.96. The molecule has 0 aliphatic carbocycles. The van der Waals surface area contributed by atoms with Gasteiger partial charge in [0.2, 0.25) is 5.82 Å². The van der Waals surface area contributed by atoms with Crippen LogP contribution >= 0.6 is 27.5 Å². The lowest BCUT2D eigenvalue weighted by atomic mass is 10.1. The van der Waals surface area contributed by atoms with E-state index >= 15 is 0 Å². The summed E-state index contributed by atoms with van der Waals surface area (Å²) in [4.78, 5) is 25.7. The Morgan fingerprint density at radius 1 is 1.43 bits per heavy atom. The molecule has 0 amide bonds. The number of halogens is 3. The van der Waals surface area contributed by atoms with E-state index in [9.17, 15) is 14.0 Å². The molecule has 5 nitrogen and oxygen atoms in total. The number of benzene rings is 1. The molecule has 0 radical (unpaired) electrons. The zero-order valence-electron chi connectivity index (χ0n) is 10.6. The van der Waals surface area contributed by atoms with Crippen LogP contribution in [0.15, 0.2) is 26.2 Å². The molecule has 0 saturated heterocycles. The molecule has 1 N–H and O–H groups in total. The zero-order chi connectivity index (χ0) is 15.1. The van der Waals surface area contributed by atoms with Gasteiger partial charge in [-0.25, -0.2) is 4.79 Å². The van der Waals surface area contributed by atoms with Crippen LogP contribution in [0.4, 0.5) is 4.39 Å². The summed E-state index contributed by atoms with van der Waals surface area (Å²) in [5.41, 5.74) is -0.210. The number of aromatic amines is 1. The lowest BCUT2D eigenvalue weighted by molar-refractivity contribution is 0.352. The zero-order valence-corrected chi connectivity index (χ0v) is 12.9. The van der Waals surface area contributed by atoms with E-state index in [2.05, 4.69) is 20.9 Å². The van der Waals surface area contributed by atoms with Crippen LogP contribution in [0, 0.1) is 5.82 Å². The molecule has 1 aliphatic heterocycles. The summed E-state index contributed by atoms with van der Waals surface area (Å²) in [6.45, 7) is 0.447. The molecular formula is C13H9BrClFN2O3. The first kappa shape index (κ1) is 14.3. The van der Waals surface area contributed by atoms with Gasteiger partial charge < -0.3 is 4.74 Å². The van der Waals surface area contributed by atoms with E-state index < -0.39 is 22.2 Å². The van der Waals surface area contributed by atoms with Gasteiger partial charge in [0, 0.05) is 16.5 Å². The number of H-pyrrole nitrogens is 1. The quantitative estimate of drug-likeness (QED) is 0.818. The third kappa shape index (κ3) is 2.51. The maximum absolute atomic E-state index is 13.6. The molecule has 0 bridgehead atoms. The summed E-state index contributed by atoms with van der Waals surface area (Å²) in [7, 11) is 0. The van der Waals surface area contributed by atoms with Crippen LogP contribution < -0.4 is 16.0 Å². The van der Waals surface area contributed by atoms with Crippen molar-refractivity contribution in [2.45, 2.75) is 13.0 Å². The Labute approximate surface area is 131 Å². The van der Waals surface area contributed by atoms with Crippen LogP contribution in [0.3, 0.4) is 0 Å². The second-order valence-electron chi connectivity index (χ2n) is 4.60. The van der Waals surface area contributed by atoms with E-state index in [1.54, 1.807) is 6.07 Å². The van der Waals surface area contributed by atoms with Crippen molar-refractivity contribution in [3.63, 3.8) is 0 Å². The third-order valence-electron chi connectivity index (χ3n) is 3.24. The Bertz CT molecular complexity index is 847. The van der Waals surface area contributed by atoms with Crippen LogP contribution in [-0.2, 0) is 13.0 Å². The van der Waals surface area contributed by atoms with Gasteiger partial charge in [-0.15, -0.1) is 0 Å². The molecule has 8 heteroatoms. The van der Waals surface area contributed by atoms with E-state index in [-0.39, 0.29) is 6.54 Å². The molecule has 2 aromatic rings. The molecule has 2 heterocycles. The maximum Gasteiger partial charge on any atom is 0.329 e. The normalized spacial score (nSPS) is 13.1. The fourth-order valence-electron chi connectivity index (χ4n) is 2.30. The van der Waals surface area contributed by atoms with Crippen LogP contribution in [0.2, 0.25) is 5.15 Å². The Hall–Kier alpha value is -1.60. The van der Waals surface area contributed by atoms with Crippen molar-refractivity contribution >= 4 is 27.5 Å². The molecule has 0 spiro atoms. The fraction of sp³-hybridized carbons (Fsp3) is 0.231. The molecule has 110 valence electrons. The second kappa shape index (κ2) is 5.31. The molecule has 1 aromatic carbocycles. The van der Waals surface area contributed by atoms with Gasteiger partial charge in [0.05, 0.1) is 13.2 Å². The van der Waals surface area contributed by atoms with Crippen molar-refractivity contribution in [1.29, 1.82) is 0 Å². The van der Waals surface area contributed by atoms with Gasteiger partial charge in [-0.05, 0) is 17.7 Å². The number of aromatic nitrogens is 2. The van der Waals surface area contributed by atoms with Gasteiger partial charge in [-0.3, -0.25) is 14.3 Å². The Balaban J connectivity index is 2.13. The smallest absolute Gasteiger partial charge is 0.329 e. The first-order chi connectivity index (χ1) is 9.97. The molecule has 1 aliphatic rings. The predicted octanol–water partition coefficient (Wildman–Crippen LogP) is 2.07. The Kier molecular flexibility index (Phi) is 3.62.